The second-order valence-electron chi connectivity index (χ2n) is 7.20. The van der Waals surface area contributed by atoms with Gasteiger partial charge in [0.05, 0.1) is 10.2 Å². The van der Waals surface area contributed by atoms with Crippen LogP contribution in [0.5, 0.6) is 0 Å². The first-order chi connectivity index (χ1) is 13.2. The van der Waals surface area contributed by atoms with Gasteiger partial charge < -0.3 is 4.90 Å². The van der Waals surface area contributed by atoms with Crippen LogP contribution in [0, 0.1) is 13.8 Å². The summed E-state index contributed by atoms with van der Waals surface area (Å²) in [6.07, 6.45) is 0.834. The van der Waals surface area contributed by atoms with Crippen LogP contribution in [0.1, 0.15) is 27.9 Å². The van der Waals surface area contributed by atoms with Gasteiger partial charge in [0, 0.05) is 22.2 Å². The van der Waals surface area contributed by atoms with E-state index in [9.17, 15) is 4.79 Å². The number of thiazole rings is 1. The third kappa shape index (κ3) is 4.84. The van der Waals surface area contributed by atoms with Crippen molar-refractivity contribution in [2.75, 3.05) is 32.1 Å². The second kappa shape index (κ2) is 8.78. The maximum Gasteiger partial charge on any atom is 0.260 e. The fourth-order valence-electron chi connectivity index (χ4n) is 3.14. The van der Waals surface area contributed by atoms with E-state index in [1.54, 1.807) is 23.1 Å². The van der Waals surface area contributed by atoms with Gasteiger partial charge in [0.2, 0.25) is 0 Å². The summed E-state index contributed by atoms with van der Waals surface area (Å²) in [7, 11) is 4.04. The Morgan fingerprint density at radius 2 is 1.71 bits per heavy atom. The number of carbonyl (C=O) groups excluding carboxylic acids is 1. The second-order valence-corrected chi connectivity index (χ2v) is 9.08. The molecule has 3 aromatic rings. The van der Waals surface area contributed by atoms with Crippen LogP contribution in [-0.4, -0.2) is 43.0 Å². The molecule has 0 atom stereocenters. The Bertz CT molecular complexity index is 996. The summed E-state index contributed by atoms with van der Waals surface area (Å²) in [5.41, 5.74) is 3.71. The molecule has 0 aliphatic rings. The third-order valence-electron chi connectivity index (χ3n) is 4.39. The Labute approximate surface area is 179 Å². The average molecular weight is 436 g/mol. The SMILES string of the molecule is Cc1cc(C)c2nc(N(CCCN(C)C)C(=O)c3cc(Cl)cc(Cl)c3)sc2c1. The van der Waals surface area contributed by atoms with E-state index < -0.39 is 0 Å². The molecular formula is C21H23Cl2N3OS. The van der Waals surface area contributed by atoms with Crippen molar-refractivity contribution in [3.8, 4) is 0 Å². The monoisotopic (exact) mass is 435 g/mol. The van der Waals surface area contributed by atoms with E-state index in [-0.39, 0.29) is 5.91 Å². The van der Waals surface area contributed by atoms with Crippen molar-refractivity contribution in [1.82, 2.24) is 9.88 Å². The minimum atomic E-state index is -0.142. The van der Waals surface area contributed by atoms with Gasteiger partial charge in [-0.2, -0.15) is 0 Å². The highest BCUT2D eigenvalue weighted by molar-refractivity contribution is 7.22. The number of rotatable bonds is 6. The van der Waals surface area contributed by atoms with E-state index in [0.717, 1.165) is 28.7 Å². The lowest BCUT2D eigenvalue weighted by molar-refractivity contribution is 0.0986. The number of hydrogen-bond acceptors (Lipinski definition) is 4. The first-order valence-corrected chi connectivity index (χ1v) is 10.6. The van der Waals surface area contributed by atoms with Gasteiger partial charge in [0.15, 0.2) is 5.13 Å². The molecule has 0 N–H and O–H groups in total. The number of hydrogen-bond donors (Lipinski definition) is 0. The van der Waals surface area contributed by atoms with E-state index in [1.165, 1.54) is 16.9 Å². The minimum absolute atomic E-state index is 0.142. The summed E-state index contributed by atoms with van der Waals surface area (Å²) in [6, 6.07) is 9.15. The molecule has 0 saturated carbocycles. The smallest absolute Gasteiger partial charge is 0.260 e. The lowest BCUT2D eigenvalue weighted by Gasteiger charge is -2.21. The highest BCUT2D eigenvalue weighted by atomic mass is 35.5. The Balaban J connectivity index is 2.01. The number of nitrogens with zero attached hydrogens (tertiary/aromatic N) is 3. The van der Waals surface area contributed by atoms with E-state index in [0.29, 0.717) is 27.3 Å². The first kappa shape index (κ1) is 21.1. The number of aromatic nitrogens is 1. The van der Waals surface area contributed by atoms with E-state index in [1.807, 2.05) is 21.0 Å². The van der Waals surface area contributed by atoms with Crippen molar-refractivity contribution in [1.29, 1.82) is 0 Å². The number of amides is 1. The van der Waals surface area contributed by atoms with Crippen LogP contribution in [0.2, 0.25) is 10.0 Å². The highest BCUT2D eigenvalue weighted by Crippen LogP contribution is 2.33. The molecule has 0 radical (unpaired) electrons. The Morgan fingerprint density at radius 3 is 2.36 bits per heavy atom. The summed E-state index contributed by atoms with van der Waals surface area (Å²) in [6.45, 7) is 5.57. The number of fused-ring (bicyclic) bond motifs is 1. The van der Waals surface area contributed by atoms with Crippen LogP contribution in [0.4, 0.5) is 5.13 Å². The summed E-state index contributed by atoms with van der Waals surface area (Å²) < 4.78 is 1.09. The summed E-state index contributed by atoms with van der Waals surface area (Å²) >= 11 is 13.8. The maximum absolute atomic E-state index is 13.3. The average Bonchev–Trinajstić information content (AvgIpc) is 3.01. The standard InChI is InChI=1S/C21H23Cl2N3OS/c1-13-8-14(2)19-18(9-13)28-21(24-19)26(7-5-6-25(3)4)20(27)15-10-16(22)12-17(23)11-15/h8-12H,5-7H2,1-4H3. The molecule has 3 rings (SSSR count). The normalized spacial score (nSPS) is 11.4. The van der Waals surface area contributed by atoms with Crippen LogP contribution in [0.25, 0.3) is 10.2 Å². The molecule has 0 saturated heterocycles. The Hall–Kier alpha value is -1.66. The molecule has 28 heavy (non-hydrogen) atoms. The van der Waals surface area contributed by atoms with Gasteiger partial charge in [-0.3, -0.25) is 9.69 Å². The minimum Gasteiger partial charge on any atom is -0.309 e. The van der Waals surface area contributed by atoms with Gasteiger partial charge >= 0.3 is 0 Å². The van der Waals surface area contributed by atoms with Gasteiger partial charge in [-0.15, -0.1) is 0 Å². The van der Waals surface area contributed by atoms with E-state index >= 15 is 0 Å². The number of anilines is 1. The van der Waals surface area contributed by atoms with Crippen LogP contribution < -0.4 is 4.90 Å². The molecule has 2 aromatic carbocycles. The van der Waals surface area contributed by atoms with Crippen LogP contribution in [0.3, 0.4) is 0 Å². The maximum atomic E-state index is 13.3. The third-order valence-corrected chi connectivity index (χ3v) is 5.85. The molecule has 1 aromatic heterocycles. The van der Waals surface area contributed by atoms with Crippen molar-refractivity contribution in [2.45, 2.75) is 20.3 Å². The molecular weight excluding hydrogens is 413 g/mol. The van der Waals surface area contributed by atoms with Crippen LogP contribution >= 0.6 is 34.5 Å². The van der Waals surface area contributed by atoms with Gasteiger partial charge in [0.25, 0.3) is 5.91 Å². The van der Waals surface area contributed by atoms with Crippen LogP contribution in [0.15, 0.2) is 30.3 Å². The quantitative estimate of drug-likeness (QED) is 0.489. The Kier molecular flexibility index (Phi) is 6.61. The molecule has 1 heterocycles. The Morgan fingerprint density at radius 1 is 1.04 bits per heavy atom. The predicted molar refractivity (Wildman–Crippen MR) is 120 cm³/mol. The van der Waals surface area contributed by atoms with Gasteiger partial charge in [0.1, 0.15) is 0 Å². The molecule has 1 amide bonds. The van der Waals surface area contributed by atoms with Crippen molar-refractivity contribution < 1.29 is 4.79 Å². The number of benzene rings is 2. The van der Waals surface area contributed by atoms with E-state index in [4.69, 9.17) is 28.2 Å². The summed E-state index contributed by atoms with van der Waals surface area (Å²) in [5.74, 6) is -0.142. The molecule has 0 unspecified atom stereocenters. The van der Waals surface area contributed by atoms with Crippen LogP contribution in [-0.2, 0) is 0 Å². The predicted octanol–water partition coefficient (Wildman–Crippen LogP) is 5.82. The molecule has 0 spiro atoms. The number of halogens is 2. The first-order valence-electron chi connectivity index (χ1n) is 9.05. The van der Waals surface area contributed by atoms with Crippen molar-refractivity contribution in [3.63, 3.8) is 0 Å². The molecule has 148 valence electrons. The number of carbonyl (C=O) groups is 1. The molecule has 0 aliphatic heterocycles. The molecule has 0 fully saturated rings. The zero-order valence-electron chi connectivity index (χ0n) is 16.4. The zero-order chi connectivity index (χ0) is 20.4. The van der Waals surface area contributed by atoms with Crippen molar-refractivity contribution >= 4 is 55.8 Å². The van der Waals surface area contributed by atoms with Gasteiger partial charge in [-0.1, -0.05) is 40.6 Å². The molecule has 0 aliphatic carbocycles. The fraction of sp³-hybridized carbons (Fsp3) is 0.333. The van der Waals surface area contributed by atoms with Crippen molar-refractivity contribution in [2.24, 2.45) is 0 Å². The molecule has 4 nitrogen and oxygen atoms in total. The summed E-state index contributed by atoms with van der Waals surface area (Å²) in [4.78, 5) is 21.9. The van der Waals surface area contributed by atoms with Gasteiger partial charge in [-0.25, -0.2) is 4.98 Å². The molecule has 0 bridgehead atoms. The topological polar surface area (TPSA) is 36.4 Å². The highest BCUT2D eigenvalue weighted by Gasteiger charge is 2.22. The zero-order valence-corrected chi connectivity index (χ0v) is 18.8. The lowest BCUT2D eigenvalue weighted by Crippen LogP contribution is -2.33. The fourth-order valence-corrected chi connectivity index (χ4v) is 4.83. The summed E-state index contributed by atoms with van der Waals surface area (Å²) in [5, 5.41) is 1.59. The van der Waals surface area contributed by atoms with Crippen molar-refractivity contribution in [3.05, 3.63) is 57.1 Å². The van der Waals surface area contributed by atoms with E-state index in [2.05, 4.69) is 24.0 Å². The largest absolute Gasteiger partial charge is 0.309 e. The lowest BCUT2D eigenvalue weighted by atomic mass is 10.1. The molecule has 7 heteroatoms. The number of aryl methyl sites for hydroxylation is 2. The van der Waals surface area contributed by atoms with Gasteiger partial charge in [-0.05, 0) is 76.3 Å².